The summed E-state index contributed by atoms with van der Waals surface area (Å²) in [7, 11) is 0. The van der Waals surface area contributed by atoms with Crippen molar-refractivity contribution in [1.82, 2.24) is 15.4 Å². The molecule has 2 N–H and O–H groups in total. The maximum Gasteiger partial charge on any atom is 0.333 e. The molecule has 0 bridgehead atoms. The van der Waals surface area contributed by atoms with Gasteiger partial charge in [-0.3, -0.25) is 4.79 Å². The molecule has 8 heteroatoms. The molecule has 0 spiro atoms. The SMILES string of the molecule is C=C(C)C(=O)OC1CCCCC1OC(=O)CCc1ccc(O)c(-c2cccc3n[nH]nc23)c1. The van der Waals surface area contributed by atoms with E-state index in [0.29, 0.717) is 41.4 Å². The fourth-order valence-electron chi connectivity index (χ4n) is 4.08. The number of nitrogens with zero attached hydrogens (tertiary/aromatic N) is 2. The van der Waals surface area contributed by atoms with Crippen molar-refractivity contribution in [2.75, 3.05) is 0 Å². The molecule has 33 heavy (non-hydrogen) atoms. The molecule has 2 atom stereocenters. The van der Waals surface area contributed by atoms with E-state index in [2.05, 4.69) is 22.0 Å². The number of H-pyrrole nitrogens is 1. The lowest BCUT2D eigenvalue weighted by Gasteiger charge is -2.30. The Morgan fingerprint density at radius 1 is 1.09 bits per heavy atom. The molecule has 0 amide bonds. The van der Waals surface area contributed by atoms with Gasteiger partial charge in [0.25, 0.3) is 0 Å². The number of rotatable bonds is 7. The van der Waals surface area contributed by atoms with Crippen molar-refractivity contribution in [2.45, 2.75) is 57.7 Å². The first-order chi connectivity index (χ1) is 15.9. The van der Waals surface area contributed by atoms with Crippen LogP contribution in [-0.4, -0.2) is 44.7 Å². The first-order valence-corrected chi connectivity index (χ1v) is 11.1. The number of aromatic nitrogens is 3. The van der Waals surface area contributed by atoms with Gasteiger partial charge in [0.05, 0.1) is 0 Å². The smallest absolute Gasteiger partial charge is 0.333 e. The lowest BCUT2D eigenvalue weighted by Crippen LogP contribution is -2.38. The molecule has 0 aliphatic heterocycles. The number of hydrogen-bond acceptors (Lipinski definition) is 7. The topological polar surface area (TPSA) is 114 Å². The third-order valence-corrected chi connectivity index (χ3v) is 5.85. The third kappa shape index (κ3) is 5.22. The molecule has 1 heterocycles. The van der Waals surface area contributed by atoms with Crippen LogP contribution in [0.25, 0.3) is 22.2 Å². The highest BCUT2D eigenvalue weighted by Crippen LogP contribution is 2.34. The number of phenolic OH excluding ortho intramolecular Hbond substituents is 1. The molecule has 0 saturated heterocycles. The number of esters is 2. The van der Waals surface area contributed by atoms with Crippen molar-refractivity contribution < 1.29 is 24.2 Å². The number of benzene rings is 2. The molecule has 1 fully saturated rings. The summed E-state index contributed by atoms with van der Waals surface area (Å²) in [6.07, 6.45) is 2.95. The van der Waals surface area contributed by atoms with E-state index in [-0.39, 0.29) is 18.1 Å². The van der Waals surface area contributed by atoms with Gasteiger partial charge in [-0.15, -0.1) is 0 Å². The quantitative estimate of drug-likeness (QED) is 0.410. The molecule has 2 aromatic carbocycles. The lowest BCUT2D eigenvalue weighted by molar-refractivity contribution is -0.169. The van der Waals surface area contributed by atoms with Crippen LogP contribution in [0.2, 0.25) is 0 Å². The van der Waals surface area contributed by atoms with Gasteiger partial charge in [0.15, 0.2) is 0 Å². The van der Waals surface area contributed by atoms with Crippen LogP contribution < -0.4 is 0 Å². The minimum atomic E-state index is -0.457. The number of ether oxygens (including phenoxy) is 2. The number of carbonyl (C=O) groups is 2. The summed E-state index contributed by atoms with van der Waals surface area (Å²) < 4.78 is 11.2. The fourth-order valence-corrected chi connectivity index (χ4v) is 4.08. The molecule has 1 aromatic heterocycles. The number of aromatic amines is 1. The van der Waals surface area contributed by atoms with E-state index in [1.54, 1.807) is 19.1 Å². The number of hydrogen-bond donors (Lipinski definition) is 2. The Balaban J connectivity index is 1.41. The summed E-state index contributed by atoms with van der Waals surface area (Å²) in [5.41, 5.74) is 3.96. The Bertz CT molecular complexity index is 1190. The molecule has 1 aliphatic carbocycles. The van der Waals surface area contributed by atoms with Crippen LogP contribution in [0.3, 0.4) is 0 Å². The molecule has 2 unspecified atom stereocenters. The average molecular weight is 450 g/mol. The average Bonchev–Trinajstić information content (AvgIpc) is 3.29. The summed E-state index contributed by atoms with van der Waals surface area (Å²) in [5, 5.41) is 21.3. The molecule has 8 nitrogen and oxygen atoms in total. The van der Waals surface area contributed by atoms with Crippen LogP contribution in [0.15, 0.2) is 48.6 Å². The number of phenols is 1. The fraction of sp³-hybridized carbons (Fsp3) is 0.360. The van der Waals surface area contributed by atoms with Gasteiger partial charge >= 0.3 is 11.9 Å². The van der Waals surface area contributed by atoms with E-state index >= 15 is 0 Å². The molecule has 1 aliphatic rings. The van der Waals surface area contributed by atoms with E-state index in [1.807, 2.05) is 24.3 Å². The maximum absolute atomic E-state index is 12.6. The monoisotopic (exact) mass is 449 g/mol. The van der Waals surface area contributed by atoms with E-state index in [0.717, 1.165) is 24.0 Å². The van der Waals surface area contributed by atoms with Crippen LogP contribution in [0.1, 0.15) is 44.6 Å². The van der Waals surface area contributed by atoms with E-state index in [4.69, 9.17) is 9.47 Å². The zero-order chi connectivity index (χ0) is 23.4. The van der Waals surface area contributed by atoms with E-state index in [1.165, 1.54) is 0 Å². The predicted octanol–water partition coefficient (Wildman–Crippen LogP) is 4.24. The van der Waals surface area contributed by atoms with Gasteiger partial charge < -0.3 is 14.6 Å². The zero-order valence-electron chi connectivity index (χ0n) is 18.5. The lowest BCUT2D eigenvalue weighted by atomic mass is 9.94. The van der Waals surface area contributed by atoms with Gasteiger partial charge in [-0.05, 0) is 62.8 Å². The van der Waals surface area contributed by atoms with E-state index in [9.17, 15) is 14.7 Å². The standard InChI is InChI=1S/C25H27N3O5/c1-15(2)25(31)33-22-9-4-3-8-21(22)32-23(30)13-11-16-10-12-20(29)18(14-16)17-6-5-7-19-24(17)27-28-26-19/h5-7,10,12,14,21-22,29H,1,3-4,8-9,11,13H2,2H3,(H,26,27,28). The van der Waals surface area contributed by atoms with Crippen molar-refractivity contribution in [3.8, 4) is 16.9 Å². The van der Waals surface area contributed by atoms with Crippen molar-refractivity contribution in [2.24, 2.45) is 0 Å². The minimum Gasteiger partial charge on any atom is -0.507 e. The van der Waals surface area contributed by atoms with Crippen LogP contribution in [0.5, 0.6) is 5.75 Å². The number of aromatic hydroxyl groups is 1. The number of fused-ring (bicyclic) bond motifs is 1. The normalized spacial score (nSPS) is 18.1. The second-order valence-corrected chi connectivity index (χ2v) is 8.39. The first kappa shape index (κ1) is 22.5. The summed E-state index contributed by atoms with van der Waals surface area (Å²) in [6.45, 7) is 5.21. The molecule has 4 rings (SSSR count). The molecule has 1 saturated carbocycles. The third-order valence-electron chi connectivity index (χ3n) is 5.85. The molecule has 0 radical (unpaired) electrons. The van der Waals surface area contributed by atoms with E-state index < -0.39 is 18.2 Å². The number of nitrogens with one attached hydrogen (secondary N) is 1. The zero-order valence-corrected chi connectivity index (χ0v) is 18.5. The van der Waals surface area contributed by atoms with Crippen molar-refractivity contribution >= 4 is 23.0 Å². The first-order valence-electron chi connectivity index (χ1n) is 11.1. The Labute approximate surface area is 191 Å². The largest absolute Gasteiger partial charge is 0.507 e. The number of para-hydroxylation sites is 1. The highest BCUT2D eigenvalue weighted by Gasteiger charge is 2.31. The van der Waals surface area contributed by atoms with Crippen molar-refractivity contribution in [3.63, 3.8) is 0 Å². The molecule has 172 valence electrons. The van der Waals surface area contributed by atoms with Crippen molar-refractivity contribution in [3.05, 3.63) is 54.1 Å². The minimum absolute atomic E-state index is 0.126. The Hall–Kier alpha value is -3.68. The van der Waals surface area contributed by atoms with Gasteiger partial charge in [0.2, 0.25) is 0 Å². The highest BCUT2D eigenvalue weighted by atomic mass is 16.6. The van der Waals surface area contributed by atoms with Crippen LogP contribution in [0.4, 0.5) is 0 Å². The highest BCUT2D eigenvalue weighted by molar-refractivity contribution is 5.93. The Morgan fingerprint density at radius 2 is 1.85 bits per heavy atom. The van der Waals surface area contributed by atoms with Crippen LogP contribution in [0, 0.1) is 0 Å². The number of carbonyl (C=O) groups excluding carboxylic acids is 2. The molecule has 3 aromatic rings. The summed E-state index contributed by atoms with van der Waals surface area (Å²) in [5.74, 6) is -0.672. The van der Waals surface area contributed by atoms with Gasteiger partial charge in [-0.1, -0.05) is 24.8 Å². The predicted molar refractivity (Wildman–Crippen MR) is 122 cm³/mol. The van der Waals surface area contributed by atoms with Crippen LogP contribution >= 0.6 is 0 Å². The van der Waals surface area contributed by atoms with Gasteiger partial charge in [0, 0.05) is 23.1 Å². The van der Waals surface area contributed by atoms with Gasteiger partial charge in [-0.2, -0.15) is 15.4 Å². The molecular weight excluding hydrogens is 422 g/mol. The van der Waals surface area contributed by atoms with Gasteiger partial charge in [-0.25, -0.2) is 4.79 Å². The summed E-state index contributed by atoms with van der Waals surface area (Å²) in [4.78, 5) is 24.5. The second-order valence-electron chi connectivity index (χ2n) is 8.39. The van der Waals surface area contributed by atoms with Crippen LogP contribution in [-0.2, 0) is 25.5 Å². The molecular formula is C25H27N3O5. The maximum atomic E-state index is 12.6. The Morgan fingerprint density at radius 3 is 2.61 bits per heavy atom. The van der Waals surface area contributed by atoms with Crippen molar-refractivity contribution in [1.29, 1.82) is 0 Å². The van der Waals surface area contributed by atoms with Gasteiger partial charge in [0.1, 0.15) is 29.0 Å². The second kappa shape index (κ2) is 9.85. The summed E-state index contributed by atoms with van der Waals surface area (Å²) in [6, 6.07) is 10.8. The number of aryl methyl sites for hydroxylation is 1. The summed E-state index contributed by atoms with van der Waals surface area (Å²) >= 11 is 0. The Kier molecular flexibility index (Phi) is 6.72.